The van der Waals surface area contributed by atoms with Gasteiger partial charge in [-0.3, -0.25) is 4.98 Å². The van der Waals surface area contributed by atoms with E-state index < -0.39 is 0 Å². The first kappa shape index (κ1) is 37.3. The van der Waals surface area contributed by atoms with Gasteiger partial charge in [-0.1, -0.05) is 121 Å². The van der Waals surface area contributed by atoms with Crippen LogP contribution in [0.25, 0.3) is 133 Å². The first-order chi connectivity index (χ1) is 33.2. The summed E-state index contributed by atoms with van der Waals surface area (Å²) in [5, 5.41) is 6.97. The van der Waals surface area contributed by atoms with Gasteiger partial charge in [0.2, 0.25) is 0 Å². The number of pyridine rings is 2. The molecule has 5 nitrogen and oxygen atoms in total. The van der Waals surface area contributed by atoms with E-state index in [9.17, 15) is 0 Å². The Morgan fingerprint density at radius 1 is 0.343 bits per heavy atom. The molecule has 0 fully saturated rings. The summed E-state index contributed by atoms with van der Waals surface area (Å²) >= 11 is 0. The number of nitrogens with zero attached hydrogens (tertiary/aromatic N) is 4. The van der Waals surface area contributed by atoms with Crippen molar-refractivity contribution in [3.63, 3.8) is 0 Å². The fourth-order valence-electron chi connectivity index (χ4n) is 10.5. The minimum atomic E-state index is 0.829. The van der Waals surface area contributed by atoms with Crippen LogP contribution in [-0.2, 0) is 0 Å². The summed E-state index contributed by atoms with van der Waals surface area (Å²) in [5.74, 6) is 0. The number of para-hydroxylation sites is 3. The molecule has 0 saturated heterocycles. The van der Waals surface area contributed by atoms with Crippen LogP contribution in [0, 0.1) is 0 Å². The topological polar surface area (TPSA) is 48.8 Å². The molecule has 5 heterocycles. The minimum Gasteiger partial charge on any atom is -0.456 e. The van der Waals surface area contributed by atoms with Gasteiger partial charge in [-0.25, -0.2) is 4.98 Å². The highest BCUT2D eigenvalue weighted by molar-refractivity contribution is 6.16. The van der Waals surface area contributed by atoms with Crippen LogP contribution in [0.3, 0.4) is 0 Å². The van der Waals surface area contributed by atoms with E-state index in [1.165, 1.54) is 43.7 Å². The lowest BCUT2D eigenvalue weighted by Crippen LogP contribution is -1.93. The van der Waals surface area contributed by atoms with Gasteiger partial charge in [0.1, 0.15) is 11.2 Å². The van der Waals surface area contributed by atoms with Crippen molar-refractivity contribution in [1.82, 2.24) is 19.1 Å². The number of benzene rings is 9. The summed E-state index contributed by atoms with van der Waals surface area (Å²) in [6.45, 7) is 0. The lowest BCUT2D eigenvalue weighted by atomic mass is 9.96. The Kier molecular flexibility index (Phi) is 8.21. The van der Waals surface area contributed by atoms with E-state index in [1.54, 1.807) is 0 Å². The second-order valence-corrected chi connectivity index (χ2v) is 17.3. The maximum absolute atomic E-state index is 6.57. The zero-order valence-corrected chi connectivity index (χ0v) is 36.1. The van der Waals surface area contributed by atoms with E-state index in [2.05, 4.69) is 215 Å². The normalized spacial score (nSPS) is 11.9. The van der Waals surface area contributed by atoms with Crippen molar-refractivity contribution in [2.24, 2.45) is 0 Å². The van der Waals surface area contributed by atoms with Gasteiger partial charge in [-0.2, -0.15) is 0 Å². The van der Waals surface area contributed by atoms with Crippen molar-refractivity contribution in [2.45, 2.75) is 0 Å². The van der Waals surface area contributed by atoms with Crippen LogP contribution in [0.15, 0.2) is 235 Å². The molecule has 5 heteroatoms. The van der Waals surface area contributed by atoms with Gasteiger partial charge in [-0.05, 0) is 131 Å². The fraction of sp³-hybridized carbons (Fsp3) is 0. The van der Waals surface area contributed by atoms with Gasteiger partial charge in [0.05, 0.1) is 38.8 Å². The summed E-state index contributed by atoms with van der Waals surface area (Å²) in [5.41, 5.74) is 19.1. The molecule has 14 aromatic rings. The largest absolute Gasteiger partial charge is 0.456 e. The van der Waals surface area contributed by atoms with Crippen LogP contribution in [0.5, 0.6) is 0 Å². The molecule has 0 N–H and O–H groups in total. The molecule has 9 aromatic carbocycles. The van der Waals surface area contributed by atoms with E-state index >= 15 is 0 Å². The zero-order chi connectivity index (χ0) is 44.0. The summed E-state index contributed by atoms with van der Waals surface area (Å²) < 4.78 is 11.3. The average Bonchev–Trinajstić information content (AvgIpc) is 4.06. The Balaban J connectivity index is 0.937. The molecule has 0 spiro atoms. The maximum atomic E-state index is 6.57. The van der Waals surface area contributed by atoms with Crippen molar-refractivity contribution in [2.75, 3.05) is 0 Å². The van der Waals surface area contributed by atoms with Gasteiger partial charge in [0.25, 0.3) is 0 Å². The molecule has 0 saturated carbocycles. The smallest absolute Gasteiger partial charge is 0.136 e. The highest BCUT2D eigenvalue weighted by atomic mass is 16.3. The maximum Gasteiger partial charge on any atom is 0.136 e. The van der Waals surface area contributed by atoms with Crippen molar-refractivity contribution in [3.05, 3.63) is 231 Å². The second-order valence-electron chi connectivity index (χ2n) is 17.3. The number of aromatic nitrogens is 4. The van der Waals surface area contributed by atoms with Crippen LogP contribution in [0.1, 0.15) is 0 Å². The first-order valence-corrected chi connectivity index (χ1v) is 22.7. The van der Waals surface area contributed by atoms with Crippen LogP contribution in [-0.4, -0.2) is 19.1 Å². The molecule has 0 radical (unpaired) electrons. The Hall–Kier alpha value is -9.06. The van der Waals surface area contributed by atoms with Gasteiger partial charge in [0.15, 0.2) is 0 Å². The molecule has 0 aliphatic heterocycles. The van der Waals surface area contributed by atoms with Gasteiger partial charge in [0, 0.05) is 61.0 Å². The molecule has 0 unspecified atom stereocenters. The van der Waals surface area contributed by atoms with E-state index in [4.69, 9.17) is 14.4 Å². The molecule has 67 heavy (non-hydrogen) atoms. The lowest BCUT2D eigenvalue weighted by molar-refractivity contribution is 0.669. The van der Waals surface area contributed by atoms with Crippen LogP contribution in [0.2, 0.25) is 0 Å². The molecule has 5 aromatic heterocycles. The molecule has 312 valence electrons. The predicted molar refractivity (Wildman–Crippen MR) is 277 cm³/mol. The molecule has 14 rings (SSSR count). The third kappa shape index (κ3) is 5.88. The lowest BCUT2D eigenvalue weighted by Gasteiger charge is -2.10. The summed E-state index contributed by atoms with van der Waals surface area (Å²) in [7, 11) is 0. The van der Waals surface area contributed by atoms with Crippen LogP contribution in [0.4, 0.5) is 0 Å². The number of fused-ring (bicyclic) bond motifs is 10. The van der Waals surface area contributed by atoms with E-state index in [0.29, 0.717) is 0 Å². The van der Waals surface area contributed by atoms with E-state index in [0.717, 1.165) is 88.9 Å². The SMILES string of the molecule is c1ccc(-c2cc(-c3cccc4oc5ccc(-c6ccc7c(c6)c6cc(-c8ccc9c(c8)c8ccccc8n9-c8ccccc8)ccc6n7-c6ccccc6)cc5c34)nc3cccnc23)cc1. The molecule has 0 aliphatic carbocycles. The van der Waals surface area contributed by atoms with Gasteiger partial charge >= 0.3 is 0 Å². The monoisotopic (exact) mass is 854 g/mol. The fourth-order valence-corrected chi connectivity index (χ4v) is 10.5. The predicted octanol–water partition coefficient (Wildman–Crippen LogP) is 16.4. The quantitative estimate of drug-likeness (QED) is 0.167. The number of rotatable bonds is 6. The molecular weight excluding hydrogens is 817 g/mol. The Bertz CT molecular complexity index is 4260. The molecule has 0 atom stereocenters. The van der Waals surface area contributed by atoms with Crippen LogP contribution >= 0.6 is 0 Å². The summed E-state index contributed by atoms with van der Waals surface area (Å²) in [4.78, 5) is 9.97. The highest BCUT2D eigenvalue weighted by Crippen LogP contribution is 2.43. The Labute approximate surface area is 385 Å². The second kappa shape index (κ2) is 14.7. The van der Waals surface area contributed by atoms with Crippen molar-refractivity contribution >= 4 is 76.6 Å². The van der Waals surface area contributed by atoms with Crippen molar-refractivity contribution in [3.8, 4) is 56.0 Å². The van der Waals surface area contributed by atoms with Crippen molar-refractivity contribution < 1.29 is 4.42 Å². The Morgan fingerprint density at radius 3 is 1.52 bits per heavy atom. The van der Waals surface area contributed by atoms with Gasteiger partial charge < -0.3 is 13.6 Å². The zero-order valence-electron chi connectivity index (χ0n) is 36.1. The molecular formula is C62H38N4O. The number of hydrogen-bond donors (Lipinski definition) is 0. The van der Waals surface area contributed by atoms with E-state index in [1.807, 2.05) is 24.4 Å². The van der Waals surface area contributed by atoms with E-state index in [-0.39, 0.29) is 0 Å². The summed E-state index contributed by atoms with van der Waals surface area (Å²) in [6.07, 6.45) is 1.84. The third-order valence-electron chi connectivity index (χ3n) is 13.6. The molecule has 0 amide bonds. The molecule has 0 bridgehead atoms. The van der Waals surface area contributed by atoms with Crippen molar-refractivity contribution in [1.29, 1.82) is 0 Å². The van der Waals surface area contributed by atoms with Gasteiger partial charge in [-0.15, -0.1) is 0 Å². The minimum absolute atomic E-state index is 0.829. The standard InChI is InChI=1S/C62H38N4O/c1-4-14-39(15-5-1)48-38-54(64-53-22-13-33-63-62(48)53)47-21-12-24-60-61(47)52-37-43(28-32-59(52)67-60)42-27-31-58-51(36-42)50-35-41(26-30-57(50)66(58)45-18-8-3-9-19-45)40-25-29-56-49(34-40)46-20-10-11-23-55(46)65(56)44-16-6-2-7-17-44/h1-38H. The highest BCUT2D eigenvalue weighted by Gasteiger charge is 2.20. The van der Waals surface area contributed by atoms with Crippen LogP contribution < -0.4 is 0 Å². The first-order valence-electron chi connectivity index (χ1n) is 22.7. The summed E-state index contributed by atoms with van der Waals surface area (Å²) in [6, 6.07) is 80.3. The average molecular weight is 855 g/mol. The third-order valence-corrected chi connectivity index (χ3v) is 13.6. The number of hydrogen-bond acceptors (Lipinski definition) is 3. The Morgan fingerprint density at radius 2 is 0.881 bits per heavy atom. The molecule has 0 aliphatic rings. The number of furan rings is 1.